The predicted molar refractivity (Wildman–Crippen MR) is 120 cm³/mol. The van der Waals surface area contributed by atoms with Crippen LogP contribution in [0.2, 0.25) is 0 Å². The van der Waals surface area contributed by atoms with E-state index in [9.17, 15) is 19.2 Å². The number of carboxylic acids is 1. The number of nitrogens with zero attached hydrogens (tertiary/aromatic N) is 1. The Hall–Kier alpha value is -4.14. The first-order valence-electron chi connectivity index (χ1n) is 10.1. The fourth-order valence-electron chi connectivity index (χ4n) is 3.20. The second-order valence-electron chi connectivity index (χ2n) is 8.35. The highest BCUT2D eigenvalue weighted by Gasteiger charge is 2.37. The minimum Gasteiger partial charge on any atom is -0.493 e. The number of benzene rings is 2. The molecule has 1 fully saturated rings. The predicted octanol–water partition coefficient (Wildman–Crippen LogP) is 3.12. The standard InChI is InChI=1S/C24H24N2O7/c1-24(2,3)15-6-8-16(9-7-15)26-22(30)17(21(29)25-23(26)31)11-14-5-10-18(19(12-14)32-4)33-13-20(27)28/h5-12H,13H2,1-4H3,(H,27,28)(H,25,29,31). The molecule has 2 N–H and O–H groups in total. The highest BCUT2D eigenvalue weighted by molar-refractivity contribution is 6.39. The van der Waals surface area contributed by atoms with Crippen LogP contribution in [0, 0.1) is 0 Å². The first kappa shape index (κ1) is 23.5. The van der Waals surface area contributed by atoms with E-state index in [-0.39, 0.29) is 22.5 Å². The van der Waals surface area contributed by atoms with Crippen molar-refractivity contribution in [2.75, 3.05) is 18.6 Å². The smallest absolute Gasteiger partial charge is 0.341 e. The molecule has 0 aromatic heterocycles. The third-order valence-electron chi connectivity index (χ3n) is 4.94. The van der Waals surface area contributed by atoms with Gasteiger partial charge in [-0.25, -0.2) is 14.5 Å². The van der Waals surface area contributed by atoms with Crippen molar-refractivity contribution in [1.29, 1.82) is 0 Å². The molecule has 172 valence electrons. The maximum atomic E-state index is 13.1. The van der Waals surface area contributed by atoms with Crippen LogP contribution in [0.4, 0.5) is 10.5 Å². The number of carbonyl (C=O) groups excluding carboxylic acids is 3. The summed E-state index contributed by atoms with van der Waals surface area (Å²) in [6.07, 6.45) is 1.32. The Labute approximate surface area is 190 Å². The number of amides is 4. The lowest BCUT2D eigenvalue weighted by atomic mass is 9.87. The molecular formula is C24H24N2O7. The fourth-order valence-corrected chi connectivity index (χ4v) is 3.20. The molecule has 1 aliphatic heterocycles. The lowest BCUT2D eigenvalue weighted by molar-refractivity contribution is -0.139. The number of methoxy groups -OCH3 is 1. The molecule has 0 unspecified atom stereocenters. The van der Waals surface area contributed by atoms with Gasteiger partial charge in [0.15, 0.2) is 18.1 Å². The monoisotopic (exact) mass is 452 g/mol. The molecule has 2 aromatic rings. The van der Waals surface area contributed by atoms with E-state index in [1.807, 2.05) is 32.9 Å². The van der Waals surface area contributed by atoms with Crippen LogP contribution in [-0.2, 0) is 19.8 Å². The zero-order chi connectivity index (χ0) is 24.3. The van der Waals surface area contributed by atoms with E-state index < -0.39 is 30.4 Å². The van der Waals surface area contributed by atoms with Crippen molar-refractivity contribution in [3.8, 4) is 11.5 Å². The molecule has 0 spiro atoms. The Morgan fingerprint density at radius 2 is 1.73 bits per heavy atom. The van der Waals surface area contributed by atoms with Crippen LogP contribution in [0.5, 0.6) is 11.5 Å². The molecular weight excluding hydrogens is 428 g/mol. The normalized spacial score (nSPS) is 15.5. The quantitative estimate of drug-likeness (QED) is 0.510. The van der Waals surface area contributed by atoms with Crippen LogP contribution < -0.4 is 19.7 Å². The van der Waals surface area contributed by atoms with Gasteiger partial charge in [0.25, 0.3) is 11.8 Å². The van der Waals surface area contributed by atoms with Gasteiger partial charge in [-0.05, 0) is 46.9 Å². The summed E-state index contributed by atoms with van der Waals surface area (Å²) in [5.74, 6) is -2.32. The van der Waals surface area contributed by atoms with Gasteiger partial charge in [-0.15, -0.1) is 0 Å². The number of urea groups is 1. The van der Waals surface area contributed by atoms with Gasteiger partial charge in [0, 0.05) is 0 Å². The van der Waals surface area contributed by atoms with E-state index >= 15 is 0 Å². The Kier molecular flexibility index (Phi) is 6.52. The number of imide groups is 2. The summed E-state index contributed by atoms with van der Waals surface area (Å²) in [4.78, 5) is 49.6. The summed E-state index contributed by atoms with van der Waals surface area (Å²) in [6.45, 7) is 5.59. The second kappa shape index (κ2) is 9.15. The first-order valence-corrected chi connectivity index (χ1v) is 10.1. The molecule has 4 amide bonds. The number of carbonyl (C=O) groups is 4. The Morgan fingerprint density at radius 3 is 2.30 bits per heavy atom. The number of ether oxygens (including phenoxy) is 2. The molecule has 0 saturated carbocycles. The molecule has 1 heterocycles. The number of carboxylic acid groups (broad SMARTS) is 1. The van der Waals surface area contributed by atoms with Gasteiger partial charge in [0.2, 0.25) is 0 Å². The minimum atomic E-state index is -1.15. The molecule has 9 nitrogen and oxygen atoms in total. The summed E-state index contributed by atoms with van der Waals surface area (Å²) in [5, 5.41) is 11.0. The number of aliphatic carboxylic acids is 1. The van der Waals surface area contributed by atoms with Crippen LogP contribution in [0.25, 0.3) is 6.08 Å². The highest BCUT2D eigenvalue weighted by atomic mass is 16.5. The summed E-state index contributed by atoms with van der Waals surface area (Å²) in [6, 6.07) is 10.6. The summed E-state index contributed by atoms with van der Waals surface area (Å²) < 4.78 is 10.4. The largest absolute Gasteiger partial charge is 0.493 e. The molecule has 3 rings (SSSR count). The van der Waals surface area contributed by atoms with Crippen LogP contribution >= 0.6 is 0 Å². The van der Waals surface area contributed by atoms with E-state index in [0.29, 0.717) is 11.3 Å². The summed E-state index contributed by atoms with van der Waals surface area (Å²) in [5.41, 5.74) is 1.44. The van der Waals surface area contributed by atoms with E-state index in [1.165, 1.54) is 31.4 Å². The number of hydrogen-bond acceptors (Lipinski definition) is 6. The van der Waals surface area contributed by atoms with Gasteiger partial charge in [-0.1, -0.05) is 39.0 Å². The third kappa shape index (κ3) is 5.20. The van der Waals surface area contributed by atoms with Crippen LogP contribution in [-0.4, -0.2) is 42.6 Å². The number of hydrogen-bond donors (Lipinski definition) is 2. The second-order valence-corrected chi connectivity index (χ2v) is 8.35. The molecule has 0 atom stereocenters. The molecule has 2 aromatic carbocycles. The van der Waals surface area contributed by atoms with Crippen molar-refractivity contribution in [3.05, 3.63) is 59.2 Å². The zero-order valence-electron chi connectivity index (χ0n) is 18.7. The summed E-state index contributed by atoms with van der Waals surface area (Å²) in [7, 11) is 1.38. The molecule has 33 heavy (non-hydrogen) atoms. The van der Waals surface area contributed by atoms with Crippen LogP contribution in [0.3, 0.4) is 0 Å². The lowest BCUT2D eigenvalue weighted by Crippen LogP contribution is -2.54. The van der Waals surface area contributed by atoms with Gasteiger partial charge < -0.3 is 14.6 Å². The van der Waals surface area contributed by atoms with E-state index in [1.54, 1.807) is 12.1 Å². The van der Waals surface area contributed by atoms with Crippen molar-refractivity contribution in [3.63, 3.8) is 0 Å². The van der Waals surface area contributed by atoms with Crippen molar-refractivity contribution in [2.45, 2.75) is 26.2 Å². The molecule has 1 aliphatic rings. The van der Waals surface area contributed by atoms with Crippen molar-refractivity contribution in [1.82, 2.24) is 5.32 Å². The maximum absolute atomic E-state index is 13.1. The Bertz CT molecular complexity index is 1140. The highest BCUT2D eigenvalue weighted by Crippen LogP contribution is 2.30. The van der Waals surface area contributed by atoms with Crippen molar-refractivity contribution < 1.29 is 33.8 Å². The average molecular weight is 452 g/mol. The van der Waals surface area contributed by atoms with E-state index in [4.69, 9.17) is 14.6 Å². The zero-order valence-corrected chi connectivity index (χ0v) is 18.7. The minimum absolute atomic E-state index is 0.104. The van der Waals surface area contributed by atoms with E-state index in [2.05, 4.69) is 5.32 Å². The van der Waals surface area contributed by atoms with Gasteiger partial charge in [-0.2, -0.15) is 0 Å². The van der Waals surface area contributed by atoms with Crippen LogP contribution in [0.15, 0.2) is 48.0 Å². The van der Waals surface area contributed by atoms with Gasteiger partial charge in [-0.3, -0.25) is 14.9 Å². The summed E-state index contributed by atoms with van der Waals surface area (Å²) >= 11 is 0. The molecule has 9 heteroatoms. The Balaban J connectivity index is 1.93. The fraction of sp³-hybridized carbons (Fsp3) is 0.250. The number of anilines is 1. The van der Waals surface area contributed by atoms with Gasteiger partial charge >= 0.3 is 12.0 Å². The topological polar surface area (TPSA) is 122 Å². The lowest BCUT2D eigenvalue weighted by Gasteiger charge is -2.27. The number of nitrogens with one attached hydrogen (secondary N) is 1. The molecule has 0 bridgehead atoms. The first-order chi connectivity index (χ1) is 15.5. The molecule has 0 aliphatic carbocycles. The molecule has 1 saturated heterocycles. The van der Waals surface area contributed by atoms with Gasteiger partial charge in [0.1, 0.15) is 5.57 Å². The number of rotatable bonds is 6. The van der Waals surface area contributed by atoms with Crippen molar-refractivity contribution >= 4 is 35.6 Å². The van der Waals surface area contributed by atoms with Crippen molar-refractivity contribution in [2.24, 2.45) is 0 Å². The van der Waals surface area contributed by atoms with Crippen LogP contribution in [0.1, 0.15) is 31.9 Å². The third-order valence-corrected chi connectivity index (χ3v) is 4.94. The average Bonchev–Trinajstić information content (AvgIpc) is 2.75. The van der Waals surface area contributed by atoms with Gasteiger partial charge in [0.05, 0.1) is 12.8 Å². The van der Waals surface area contributed by atoms with E-state index in [0.717, 1.165) is 10.5 Å². The maximum Gasteiger partial charge on any atom is 0.341 e. The number of barbiturate groups is 1. The Morgan fingerprint density at radius 1 is 1.06 bits per heavy atom. The SMILES string of the molecule is COc1cc(C=C2C(=O)NC(=O)N(c3ccc(C(C)(C)C)cc3)C2=O)ccc1OCC(=O)O. The molecule has 0 radical (unpaired) electrons.